The molecule has 16 heavy (non-hydrogen) atoms. The average Bonchev–Trinajstić information content (AvgIpc) is 2.26. The molecule has 0 radical (unpaired) electrons. The first kappa shape index (κ1) is 13.0. The highest BCUT2D eigenvalue weighted by atomic mass is 16.3. The second kappa shape index (κ2) is 5.85. The lowest BCUT2D eigenvalue weighted by Crippen LogP contribution is -2.20. The largest absolute Gasteiger partial charge is 0.387 e. The summed E-state index contributed by atoms with van der Waals surface area (Å²) in [7, 11) is 2.07. The quantitative estimate of drug-likeness (QED) is 0.832. The molecule has 1 N–H and O–H groups in total. The fourth-order valence-electron chi connectivity index (χ4n) is 1.45. The van der Waals surface area contributed by atoms with Crippen LogP contribution < -0.4 is 4.90 Å². The van der Waals surface area contributed by atoms with Gasteiger partial charge in [-0.15, -0.1) is 0 Å². The molecule has 1 aromatic heterocycles. The Morgan fingerprint density at radius 3 is 2.44 bits per heavy atom. The molecule has 0 aliphatic heterocycles. The molecule has 0 fully saturated rings. The zero-order valence-electron chi connectivity index (χ0n) is 10.6. The standard InChI is InChI=1S/C13H22N2O/c1-10(2)7-8-15(4)12-5-6-13(11(3)16)14-9-12/h5-6,9-11,16H,7-8H2,1-4H3/t11-/m1/s1. The van der Waals surface area contributed by atoms with E-state index in [1.54, 1.807) is 6.92 Å². The summed E-state index contributed by atoms with van der Waals surface area (Å²) in [5.41, 5.74) is 1.83. The second-order valence-electron chi connectivity index (χ2n) is 4.72. The van der Waals surface area contributed by atoms with Gasteiger partial charge in [0.1, 0.15) is 0 Å². The van der Waals surface area contributed by atoms with Crippen molar-refractivity contribution in [2.24, 2.45) is 5.92 Å². The van der Waals surface area contributed by atoms with Gasteiger partial charge in [-0.25, -0.2) is 0 Å². The molecule has 0 aliphatic rings. The van der Waals surface area contributed by atoms with Gasteiger partial charge in [0.2, 0.25) is 0 Å². The molecule has 0 unspecified atom stereocenters. The van der Waals surface area contributed by atoms with Crippen molar-refractivity contribution in [3.63, 3.8) is 0 Å². The first-order valence-corrected chi connectivity index (χ1v) is 5.86. The number of nitrogens with zero attached hydrogens (tertiary/aromatic N) is 2. The van der Waals surface area contributed by atoms with Crippen molar-refractivity contribution in [2.75, 3.05) is 18.5 Å². The van der Waals surface area contributed by atoms with Gasteiger partial charge in [0, 0.05) is 13.6 Å². The lowest BCUT2D eigenvalue weighted by atomic mass is 10.1. The van der Waals surface area contributed by atoms with E-state index in [4.69, 9.17) is 0 Å². The number of aliphatic hydroxyl groups excluding tert-OH is 1. The van der Waals surface area contributed by atoms with Crippen molar-refractivity contribution in [2.45, 2.75) is 33.3 Å². The number of rotatable bonds is 5. The van der Waals surface area contributed by atoms with Crippen LogP contribution in [0.5, 0.6) is 0 Å². The molecule has 0 bridgehead atoms. The molecule has 0 aliphatic carbocycles. The predicted molar refractivity (Wildman–Crippen MR) is 67.6 cm³/mol. The van der Waals surface area contributed by atoms with Crippen LogP contribution in [0.2, 0.25) is 0 Å². The Balaban J connectivity index is 2.59. The van der Waals surface area contributed by atoms with Gasteiger partial charge in [-0.05, 0) is 31.4 Å². The summed E-state index contributed by atoms with van der Waals surface area (Å²) in [4.78, 5) is 6.43. The molecule has 0 amide bonds. The third kappa shape index (κ3) is 3.81. The van der Waals surface area contributed by atoms with Gasteiger partial charge in [0.05, 0.1) is 23.7 Å². The predicted octanol–water partition coefficient (Wildman–Crippen LogP) is 2.62. The van der Waals surface area contributed by atoms with Gasteiger partial charge >= 0.3 is 0 Å². The molecule has 1 aromatic rings. The van der Waals surface area contributed by atoms with Gasteiger partial charge in [-0.2, -0.15) is 0 Å². The summed E-state index contributed by atoms with van der Waals surface area (Å²) < 4.78 is 0. The average molecular weight is 222 g/mol. The van der Waals surface area contributed by atoms with Crippen LogP contribution in [0.1, 0.15) is 39.0 Å². The Labute approximate surface area is 98.1 Å². The number of hydrogen-bond donors (Lipinski definition) is 1. The maximum Gasteiger partial charge on any atom is 0.0931 e. The van der Waals surface area contributed by atoms with Gasteiger partial charge < -0.3 is 10.0 Å². The minimum atomic E-state index is -0.491. The third-order valence-corrected chi connectivity index (χ3v) is 2.68. The lowest BCUT2D eigenvalue weighted by Gasteiger charge is -2.20. The van der Waals surface area contributed by atoms with Gasteiger partial charge in [0.25, 0.3) is 0 Å². The van der Waals surface area contributed by atoms with Crippen molar-refractivity contribution >= 4 is 5.69 Å². The minimum absolute atomic E-state index is 0.491. The third-order valence-electron chi connectivity index (χ3n) is 2.68. The molecule has 3 nitrogen and oxygen atoms in total. The van der Waals surface area contributed by atoms with Crippen LogP contribution in [0, 0.1) is 5.92 Å². The Morgan fingerprint density at radius 1 is 1.31 bits per heavy atom. The van der Waals surface area contributed by atoms with Gasteiger partial charge in [-0.1, -0.05) is 13.8 Å². The molecule has 0 aromatic carbocycles. The van der Waals surface area contributed by atoms with Crippen molar-refractivity contribution in [3.8, 4) is 0 Å². The SMILES string of the molecule is CC(C)CCN(C)c1ccc([C@@H](C)O)nc1. The van der Waals surface area contributed by atoms with E-state index in [-0.39, 0.29) is 0 Å². The van der Waals surface area contributed by atoms with E-state index in [1.165, 1.54) is 6.42 Å². The summed E-state index contributed by atoms with van der Waals surface area (Å²) in [6, 6.07) is 3.89. The fraction of sp³-hybridized carbons (Fsp3) is 0.615. The highest BCUT2D eigenvalue weighted by Gasteiger charge is 2.05. The first-order chi connectivity index (χ1) is 7.50. The molecule has 1 rings (SSSR count). The maximum absolute atomic E-state index is 9.35. The van der Waals surface area contributed by atoms with E-state index in [0.29, 0.717) is 5.92 Å². The fourth-order valence-corrected chi connectivity index (χ4v) is 1.45. The second-order valence-corrected chi connectivity index (χ2v) is 4.72. The summed E-state index contributed by atoms with van der Waals surface area (Å²) in [6.07, 6.45) is 2.51. The monoisotopic (exact) mass is 222 g/mol. The number of aromatic nitrogens is 1. The van der Waals surface area contributed by atoms with Crippen LogP contribution >= 0.6 is 0 Å². The molecule has 0 spiro atoms. The van der Waals surface area contributed by atoms with Crippen LogP contribution in [-0.2, 0) is 0 Å². The lowest BCUT2D eigenvalue weighted by molar-refractivity contribution is 0.194. The Hall–Kier alpha value is -1.09. The highest BCUT2D eigenvalue weighted by molar-refractivity contribution is 5.43. The van der Waals surface area contributed by atoms with Crippen molar-refractivity contribution < 1.29 is 5.11 Å². The van der Waals surface area contributed by atoms with E-state index in [1.807, 2.05) is 18.3 Å². The Morgan fingerprint density at radius 2 is 2.00 bits per heavy atom. The molecule has 0 saturated heterocycles. The molecule has 3 heteroatoms. The summed E-state index contributed by atoms with van der Waals surface area (Å²) >= 11 is 0. The summed E-state index contributed by atoms with van der Waals surface area (Å²) in [5.74, 6) is 0.715. The zero-order chi connectivity index (χ0) is 12.1. The topological polar surface area (TPSA) is 36.4 Å². The van der Waals surface area contributed by atoms with Crippen molar-refractivity contribution in [1.29, 1.82) is 0 Å². The Bertz CT molecular complexity index is 306. The van der Waals surface area contributed by atoms with Crippen LogP contribution in [0.15, 0.2) is 18.3 Å². The molecule has 1 heterocycles. The van der Waals surface area contributed by atoms with Crippen LogP contribution in [0.25, 0.3) is 0 Å². The van der Waals surface area contributed by atoms with E-state index in [2.05, 4.69) is 30.8 Å². The molecular formula is C13H22N2O. The normalized spacial score (nSPS) is 12.9. The summed E-state index contributed by atoms with van der Waals surface area (Å²) in [5, 5.41) is 9.35. The zero-order valence-corrected chi connectivity index (χ0v) is 10.6. The van der Waals surface area contributed by atoms with E-state index in [0.717, 1.165) is 17.9 Å². The number of aliphatic hydroxyl groups is 1. The smallest absolute Gasteiger partial charge is 0.0931 e. The Kier molecular flexibility index (Phi) is 4.74. The van der Waals surface area contributed by atoms with E-state index in [9.17, 15) is 5.11 Å². The summed E-state index contributed by atoms with van der Waals surface area (Å²) in [6.45, 7) is 7.21. The number of pyridine rings is 1. The van der Waals surface area contributed by atoms with Gasteiger partial charge in [-0.3, -0.25) is 4.98 Å². The van der Waals surface area contributed by atoms with Crippen molar-refractivity contribution in [3.05, 3.63) is 24.0 Å². The van der Waals surface area contributed by atoms with Gasteiger partial charge in [0.15, 0.2) is 0 Å². The van der Waals surface area contributed by atoms with Crippen LogP contribution in [0.4, 0.5) is 5.69 Å². The molecular weight excluding hydrogens is 200 g/mol. The van der Waals surface area contributed by atoms with Crippen LogP contribution in [0.3, 0.4) is 0 Å². The van der Waals surface area contributed by atoms with E-state index >= 15 is 0 Å². The number of hydrogen-bond acceptors (Lipinski definition) is 3. The molecule has 0 saturated carbocycles. The molecule has 90 valence electrons. The minimum Gasteiger partial charge on any atom is -0.387 e. The first-order valence-electron chi connectivity index (χ1n) is 5.86. The van der Waals surface area contributed by atoms with Crippen LogP contribution in [-0.4, -0.2) is 23.7 Å². The van der Waals surface area contributed by atoms with Crippen molar-refractivity contribution in [1.82, 2.24) is 4.98 Å². The maximum atomic E-state index is 9.35. The number of anilines is 1. The molecule has 1 atom stereocenters. The van der Waals surface area contributed by atoms with E-state index < -0.39 is 6.10 Å². The highest BCUT2D eigenvalue weighted by Crippen LogP contribution is 2.16.